The van der Waals surface area contributed by atoms with Crippen LogP contribution in [0.1, 0.15) is 63.9 Å². The van der Waals surface area contributed by atoms with Crippen LogP contribution in [0, 0.1) is 5.92 Å². The van der Waals surface area contributed by atoms with Gasteiger partial charge < -0.3 is 9.84 Å². The summed E-state index contributed by atoms with van der Waals surface area (Å²) < 4.78 is 5.17. The third kappa shape index (κ3) is 8.11. The van der Waals surface area contributed by atoms with E-state index in [1.807, 2.05) is 12.1 Å². The Hall–Kier alpha value is -1.02. The van der Waals surface area contributed by atoms with E-state index in [4.69, 9.17) is 4.74 Å². The predicted octanol–water partition coefficient (Wildman–Crippen LogP) is 4.99. The fraction of sp³-hybridized carbons (Fsp3) is 0.684. The SMILES string of the molecule is CCCCCCCCCC(CO)Cc1ccc(OC)cc1. The van der Waals surface area contributed by atoms with E-state index in [1.54, 1.807) is 7.11 Å². The highest BCUT2D eigenvalue weighted by molar-refractivity contribution is 5.27. The molecular formula is C19H32O2. The normalized spacial score (nSPS) is 12.3. The van der Waals surface area contributed by atoms with E-state index in [9.17, 15) is 5.11 Å². The summed E-state index contributed by atoms with van der Waals surface area (Å²) in [6.07, 6.45) is 11.4. The van der Waals surface area contributed by atoms with Crippen molar-refractivity contribution in [2.75, 3.05) is 13.7 Å². The Morgan fingerprint density at radius 1 is 0.952 bits per heavy atom. The smallest absolute Gasteiger partial charge is 0.118 e. The first-order valence-corrected chi connectivity index (χ1v) is 8.54. The van der Waals surface area contributed by atoms with Gasteiger partial charge in [-0.25, -0.2) is 0 Å². The number of methoxy groups -OCH3 is 1. The lowest BCUT2D eigenvalue weighted by atomic mass is 9.94. The minimum atomic E-state index is 0.294. The number of aliphatic hydroxyl groups is 1. The van der Waals surface area contributed by atoms with Crippen molar-refractivity contribution in [1.82, 2.24) is 0 Å². The summed E-state index contributed by atoms with van der Waals surface area (Å²) in [5, 5.41) is 9.54. The average molecular weight is 292 g/mol. The molecule has 2 heteroatoms. The summed E-state index contributed by atoms with van der Waals surface area (Å²) in [6.45, 7) is 2.55. The second kappa shape index (κ2) is 11.6. The summed E-state index contributed by atoms with van der Waals surface area (Å²) in [4.78, 5) is 0. The molecule has 0 radical (unpaired) electrons. The molecule has 0 saturated heterocycles. The molecule has 1 aromatic rings. The van der Waals surface area contributed by atoms with Gasteiger partial charge >= 0.3 is 0 Å². The highest BCUT2D eigenvalue weighted by Crippen LogP contribution is 2.19. The van der Waals surface area contributed by atoms with Gasteiger partial charge in [-0.3, -0.25) is 0 Å². The van der Waals surface area contributed by atoms with Crippen LogP contribution in [0.15, 0.2) is 24.3 Å². The molecule has 1 atom stereocenters. The van der Waals surface area contributed by atoms with E-state index < -0.39 is 0 Å². The van der Waals surface area contributed by atoms with Crippen molar-refractivity contribution < 1.29 is 9.84 Å². The number of benzene rings is 1. The number of ether oxygens (including phenoxy) is 1. The zero-order valence-corrected chi connectivity index (χ0v) is 13.8. The molecule has 0 aromatic heterocycles. The Labute approximate surface area is 130 Å². The summed E-state index contributed by atoms with van der Waals surface area (Å²) in [6, 6.07) is 8.20. The Morgan fingerprint density at radius 2 is 1.57 bits per heavy atom. The Kier molecular flexibility index (Phi) is 9.98. The van der Waals surface area contributed by atoms with Crippen molar-refractivity contribution in [2.24, 2.45) is 5.92 Å². The van der Waals surface area contributed by atoms with Crippen molar-refractivity contribution in [3.8, 4) is 5.75 Å². The van der Waals surface area contributed by atoms with Gasteiger partial charge in [-0.1, -0.05) is 64.0 Å². The number of unbranched alkanes of at least 4 members (excludes halogenated alkanes) is 6. The lowest BCUT2D eigenvalue weighted by Crippen LogP contribution is -2.09. The van der Waals surface area contributed by atoms with Gasteiger partial charge in [0.2, 0.25) is 0 Å². The summed E-state index contributed by atoms with van der Waals surface area (Å²) in [5.41, 5.74) is 1.29. The van der Waals surface area contributed by atoms with E-state index in [2.05, 4.69) is 19.1 Å². The highest BCUT2D eigenvalue weighted by Gasteiger charge is 2.08. The molecule has 0 fully saturated rings. The number of hydrogen-bond acceptors (Lipinski definition) is 2. The largest absolute Gasteiger partial charge is 0.497 e. The van der Waals surface area contributed by atoms with Gasteiger partial charge in [0.15, 0.2) is 0 Å². The molecule has 2 nitrogen and oxygen atoms in total. The number of rotatable bonds is 12. The molecular weight excluding hydrogens is 260 g/mol. The van der Waals surface area contributed by atoms with E-state index >= 15 is 0 Å². The highest BCUT2D eigenvalue weighted by atomic mass is 16.5. The molecule has 21 heavy (non-hydrogen) atoms. The van der Waals surface area contributed by atoms with Gasteiger partial charge in [0.1, 0.15) is 5.75 Å². The molecule has 1 rings (SSSR count). The van der Waals surface area contributed by atoms with Crippen LogP contribution < -0.4 is 4.74 Å². The first kappa shape index (κ1) is 18.0. The summed E-state index contributed by atoms with van der Waals surface area (Å²) in [7, 11) is 1.69. The van der Waals surface area contributed by atoms with Crippen LogP contribution in [0.4, 0.5) is 0 Å². The van der Waals surface area contributed by atoms with Crippen LogP contribution in [0.5, 0.6) is 5.75 Å². The van der Waals surface area contributed by atoms with Gasteiger partial charge in [0, 0.05) is 6.61 Å². The second-order valence-corrected chi connectivity index (χ2v) is 6.01. The number of hydrogen-bond donors (Lipinski definition) is 1. The van der Waals surface area contributed by atoms with E-state index in [0.717, 1.165) is 18.6 Å². The third-order valence-corrected chi connectivity index (χ3v) is 4.16. The molecule has 120 valence electrons. The lowest BCUT2D eigenvalue weighted by molar-refractivity contribution is 0.214. The maximum absolute atomic E-state index is 9.54. The van der Waals surface area contributed by atoms with Crippen LogP contribution in [-0.2, 0) is 6.42 Å². The molecule has 0 heterocycles. The Balaban J connectivity index is 2.18. The van der Waals surface area contributed by atoms with Gasteiger partial charge in [0.25, 0.3) is 0 Å². The fourth-order valence-electron chi connectivity index (χ4n) is 2.74. The minimum absolute atomic E-state index is 0.294. The second-order valence-electron chi connectivity index (χ2n) is 6.01. The Morgan fingerprint density at radius 3 is 2.14 bits per heavy atom. The molecule has 1 unspecified atom stereocenters. The first-order chi connectivity index (χ1) is 10.3. The Bertz CT molecular complexity index is 345. The zero-order chi connectivity index (χ0) is 15.3. The van der Waals surface area contributed by atoms with Crippen LogP contribution in [0.25, 0.3) is 0 Å². The molecule has 0 bridgehead atoms. The monoisotopic (exact) mass is 292 g/mol. The van der Waals surface area contributed by atoms with Crippen LogP contribution in [0.3, 0.4) is 0 Å². The quantitative estimate of drug-likeness (QED) is 0.550. The van der Waals surface area contributed by atoms with Crippen LogP contribution in [0.2, 0.25) is 0 Å². The van der Waals surface area contributed by atoms with Crippen LogP contribution in [-0.4, -0.2) is 18.8 Å². The van der Waals surface area contributed by atoms with Crippen molar-refractivity contribution in [1.29, 1.82) is 0 Å². The summed E-state index contributed by atoms with van der Waals surface area (Å²) in [5.74, 6) is 1.29. The van der Waals surface area contributed by atoms with Crippen molar-refractivity contribution in [3.63, 3.8) is 0 Å². The first-order valence-electron chi connectivity index (χ1n) is 8.54. The standard InChI is InChI=1S/C19H32O2/c1-3-4-5-6-7-8-9-10-18(16-20)15-17-11-13-19(21-2)14-12-17/h11-14,18,20H,3-10,15-16H2,1-2H3. The van der Waals surface area contributed by atoms with E-state index in [1.165, 1.54) is 50.5 Å². The van der Waals surface area contributed by atoms with Crippen molar-refractivity contribution >= 4 is 0 Å². The van der Waals surface area contributed by atoms with E-state index in [-0.39, 0.29) is 0 Å². The van der Waals surface area contributed by atoms with Crippen molar-refractivity contribution in [3.05, 3.63) is 29.8 Å². The van der Waals surface area contributed by atoms with E-state index in [0.29, 0.717) is 12.5 Å². The predicted molar refractivity (Wildman–Crippen MR) is 89.9 cm³/mol. The fourth-order valence-corrected chi connectivity index (χ4v) is 2.74. The zero-order valence-electron chi connectivity index (χ0n) is 13.8. The maximum atomic E-state index is 9.54. The molecule has 1 aromatic carbocycles. The van der Waals surface area contributed by atoms with Gasteiger partial charge in [-0.05, 0) is 36.5 Å². The molecule has 0 aliphatic rings. The molecule has 0 amide bonds. The number of aliphatic hydroxyl groups excluding tert-OH is 1. The maximum Gasteiger partial charge on any atom is 0.118 e. The molecule has 0 aliphatic carbocycles. The summed E-state index contributed by atoms with van der Waals surface area (Å²) >= 11 is 0. The average Bonchev–Trinajstić information content (AvgIpc) is 2.53. The van der Waals surface area contributed by atoms with Crippen LogP contribution >= 0.6 is 0 Å². The minimum Gasteiger partial charge on any atom is -0.497 e. The third-order valence-electron chi connectivity index (χ3n) is 4.16. The van der Waals surface area contributed by atoms with Gasteiger partial charge in [-0.15, -0.1) is 0 Å². The molecule has 1 N–H and O–H groups in total. The topological polar surface area (TPSA) is 29.5 Å². The van der Waals surface area contributed by atoms with Crippen molar-refractivity contribution in [2.45, 2.75) is 64.7 Å². The van der Waals surface area contributed by atoms with Gasteiger partial charge in [-0.2, -0.15) is 0 Å². The molecule has 0 saturated carbocycles. The van der Waals surface area contributed by atoms with Gasteiger partial charge in [0.05, 0.1) is 7.11 Å². The molecule has 0 spiro atoms. The lowest BCUT2D eigenvalue weighted by Gasteiger charge is -2.14. The molecule has 0 aliphatic heterocycles.